The summed E-state index contributed by atoms with van der Waals surface area (Å²) >= 11 is 0. The van der Waals surface area contributed by atoms with E-state index < -0.39 is 0 Å². The summed E-state index contributed by atoms with van der Waals surface area (Å²) in [7, 11) is 0. The zero-order valence-electron chi connectivity index (χ0n) is 30.4. The molecule has 0 bridgehead atoms. The summed E-state index contributed by atoms with van der Waals surface area (Å²) < 4.78 is 0. The predicted molar refractivity (Wildman–Crippen MR) is 232 cm³/mol. The third-order valence-corrected chi connectivity index (χ3v) is 10.8. The number of hydrogen-bond acceptors (Lipinski definition) is 2. The Morgan fingerprint density at radius 1 is 0.309 bits per heavy atom. The molecule has 9 aromatic carbocycles. The molecule has 0 aromatic heterocycles. The van der Waals surface area contributed by atoms with Gasteiger partial charge in [-0.2, -0.15) is 0 Å². The van der Waals surface area contributed by atoms with E-state index in [9.17, 15) is 0 Å². The summed E-state index contributed by atoms with van der Waals surface area (Å²) in [6, 6.07) is 79.1. The summed E-state index contributed by atoms with van der Waals surface area (Å²) in [5.41, 5.74) is 16.9. The lowest BCUT2D eigenvalue weighted by Gasteiger charge is -2.34. The molecule has 0 spiro atoms. The van der Waals surface area contributed by atoms with Crippen molar-refractivity contribution in [2.45, 2.75) is 6.42 Å². The molecule has 260 valence electrons. The second-order valence-corrected chi connectivity index (χ2v) is 14.2. The van der Waals surface area contributed by atoms with Crippen molar-refractivity contribution in [3.8, 4) is 33.4 Å². The van der Waals surface area contributed by atoms with Crippen molar-refractivity contribution < 1.29 is 0 Å². The SMILES string of the molecule is c1ccc(-c2ccc(N(c3ccccc3)c3ccc(-c4ccc5c(c4)Cc4cc(-c6ccccc6)ccc4N5c4ccc5ccccc5c4)cc3)cc2)cc1. The Kier molecular flexibility index (Phi) is 8.27. The average Bonchev–Trinajstić information content (AvgIpc) is 3.26. The van der Waals surface area contributed by atoms with E-state index in [0.29, 0.717) is 0 Å². The first-order chi connectivity index (χ1) is 27.2. The van der Waals surface area contributed by atoms with Crippen LogP contribution < -0.4 is 9.80 Å². The minimum absolute atomic E-state index is 0.863. The molecule has 9 aromatic rings. The van der Waals surface area contributed by atoms with Crippen molar-refractivity contribution in [3.63, 3.8) is 0 Å². The highest BCUT2D eigenvalue weighted by Crippen LogP contribution is 2.47. The standard InChI is InChI=1S/C53H38N2/c1-4-12-38(13-5-1)41-20-27-49(28-21-41)54(48-18-8-3-9-19-48)50-29-22-42(23-30-50)45-26-33-53-47(35-45)36-46-34-44(39-14-6-2-7-15-39)25-32-52(46)55(53)51-31-24-40-16-10-11-17-43(40)37-51/h1-35,37H,36H2. The first kappa shape index (κ1) is 32.5. The smallest absolute Gasteiger partial charge is 0.0497 e. The number of rotatable bonds is 7. The maximum atomic E-state index is 2.45. The predicted octanol–water partition coefficient (Wildman–Crippen LogP) is 14.7. The lowest BCUT2D eigenvalue weighted by atomic mass is 9.90. The second kappa shape index (κ2) is 14.0. The highest BCUT2D eigenvalue weighted by molar-refractivity contribution is 5.92. The molecule has 55 heavy (non-hydrogen) atoms. The zero-order valence-corrected chi connectivity index (χ0v) is 30.4. The average molecular weight is 703 g/mol. The van der Waals surface area contributed by atoms with E-state index in [1.807, 2.05) is 0 Å². The maximum absolute atomic E-state index is 2.45. The third kappa shape index (κ3) is 6.24. The molecule has 0 aliphatic carbocycles. The fourth-order valence-corrected chi connectivity index (χ4v) is 8.07. The van der Waals surface area contributed by atoms with Crippen molar-refractivity contribution in [1.29, 1.82) is 0 Å². The third-order valence-electron chi connectivity index (χ3n) is 10.8. The Labute approximate surface area is 322 Å². The lowest BCUT2D eigenvalue weighted by molar-refractivity contribution is 1.09. The van der Waals surface area contributed by atoms with E-state index in [-0.39, 0.29) is 0 Å². The molecule has 0 unspecified atom stereocenters. The Bertz CT molecular complexity index is 2760. The summed E-state index contributed by atoms with van der Waals surface area (Å²) in [4.78, 5) is 4.77. The number of nitrogens with zero attached hydrogens (tertiary/aromatic N) is 2. The minimum Gasteiger partial charge on any atom is -0.311 e. The van der Waals surface area contributed by atoms with Crippen LogP contribution in [0.2, 0.25) is 0 Å². The first-order valence-electron chi connectivity index (χ1n) is 19.0. The number of fused-ring (bicyclic) bond motifs is 3. The molecule has 0 saturated carbocycles. The fourth-order valence-electron chi connectivity index (χ4n) is 8.07. The molecule has 0 amide bonds. The summed E-state index contributed by atoms with van der Waals surface area (Å²) in [6.45, 7) is 0. The molecule has 2 nitrogen and oxygen atoms in total. The molecule has 0 saturated heterocycles. The Morgan fingerprint density at radius 2 is 0.727 bits per heavy atom. The van der Waals surface area contributed by atoms with Gasteiger partial charge in [0, 0.05) is 40.5 Å². The van der Waals surface area contributed by atoms with Crippen LogP contribution in [-0.2, 0) is 6.42 Å². The largest absolute Gasteiger partial charge is 0.311 e. The van der Waals surface area contributed by atoms with Gasteiger partial charge in [-0.05, 0) is 128 Å². The fraction of sp³-hybridized carbons (Fsp3) is 0.0189. The van der Waals surface area contributed by atoms with Gasteiger partial charge < -0.3 is 9.80 Å². The van der Waals surface area contributed by atoms with Gasteiger partial charge in [-0.15, -0.1) is 0 Å². The van der Waals surface area contributed by atoms with Gasteiger partial charge in [-0.1, -0.05) is 146 Å². The van der Waals surface area contributed by atoms with Crippen molar-refractivity contribution >= 4 is 44.9 Å². The molecule has 2 heteroatoms. The number of anilines is 6. The van der Waals surface area contributed by atoms with Gasteiger partial charge in [0.05, 0.1) is 0 Å². The molecule has 1 aliphatic heterocycles. The zero-order chi connectivity index (χ0) is 36.6. The van der Waals surface area contributed by atoms with Gasteiger partial charge in [0.1, 0.15) is 0 Å². The van der Waals surface area contributed by atoms with Crippen LogP contribution in [0.4, 0.5) is 34.1 Å². The monoisotopic (exact) mass is 702 g/mol. The molecular weight excluding hydrogens is 665 g/mol. The summed E-state index contributed by atoms with van der Waals surface area (Å²) in [6.07, 6.45) is 0.863. The summed E-state index contributed by atoms with van der Waals surface area (Å²) in [5, 5.41) is 2.49. The second-order valence-electron chi connectivity index (χ2n) is 14.2. The van der Waals surface area contributed by atoms with Crippen molar-refractivity contribution in [1.82, 2.24) is 0 Å². The van der Waals surface area contributed by atoms with E-state index >= 15 is 0 Å². The minimum atomic E-state index is 0.863. The van der Waals surface area contributed by atoms with Crippen molar-refractivity contribution in [2.75, 3.05) is 9.80 Å². The van der Waals surface area contributed by atoms with E-state index in [1.165, 1.54) is 72.3 Å². The van der Waals surface area contributed by atoms with Crippen molar-refractivity contribution in [2.24, 2.45) is 0 Å². The van der Waals surface area contributed by atoms with Crippen LogP contribution in [0.25, 0.3) is 44.2 Å². The van der Waals surface area contributed by atoms with E-state index in [4.69, 9.17) is 0 Å². The first-order valence-corrected chi connectivity index (χ1v) is 19.0. The van der Waals surface area contributed by atoms with Crippen LogP contribution in [0.5, 0.6) is 0 Å². The van der Waals surface area contributed by atoms with Gasteiger partial charge >= 0.3 is 0 Å². The molecular formula is C53H38N2. The Balaban J connectivity index is 1.02. The van der Waals surface area contributed by atoms with Gasteiger partial charge in [-0.25, -0.2) is 0 Å². The van der Waals surface area contributed by atoms with Gasteiger partial charge in [-0.3, -0.25) is 0 Å². The normalized spacial score (nSPS) is 11.9. The molecule has 0 atom stereocenters. The van der Waals surface area contributed by atoms with Crippen LogP contribution in [0, 0.1) is 0 Å². The Hall–Kier alpha value is -7.16. The molecule has 1 aliphatic rings. The Morgan fingerprint density at radius 3 is 1.29 bits per heavy atom. The number of benzene rings is 9. The van der Waals surface area contributed by atoms with Crippen LogP contribution >= 0.6 is 0 Å². The topological polar surface area (TPSA) is 6.48 Å². The quantitative estimate of drug-likeness (QED) is 0.163. The van der Waals surface area contributed by atoms with Crippen molar-refractivity contribution in [3.05, 3.63) is 230 Å². The molecule has 1 heterocycles. The molecule has 0 N–H and O–H groups in total. The van der Waals surface area contributed by atoms with Crippen LogP contribution in [0.15, 0.2) is 218 Å². The highest BCUT2D eigenvalue weighted by atomic mass is 15.2. The molecule has 10 rings (SSSR count). The number of hydrogen-bond donors (Lipinski definition) is 0. The van der Waals surface area contributed by atoms with Gasteiger partial charge in [0.25, 0.3) is 0 Å². The summed E-state index contributed by atoms with van der Waals surface area (Å²) in [5.74, 6) is 0. The van der Waals surface area contributed by atoms with Crippen LogP contribution in [-0.4, -0.2) is 0 Å². The van der Waals surface area contributed by atoms with Crippen LogP contribution in [0.3, 0.4) is 0 Å². The lowest BCUT2D eigenvalue weighted by Crippen LogP contribution is -2.18. The molecule has 0 fully saturated rings. The van der Waals surface area contributed by atoms with E-state index in [2.05, 4.69) is 228 Å². The van der Waals surface area contributed by atoms with E-state index in [0.717, 1.165) is 23.5 Å². The highest BCUT2D eigenvalue weighted by Gasteiger charge is 2.25. The number of para-hydroxylation sites is 1. The van der Waals surface area contributed by atoms with E-state index in [1.54, 1.807) is 0 Å². The van der Waals surface area contributed by atoms with Crippen LogP contribution in [0.1, 0.15) is 11.1 Å². The molecule has 0 radical (unpaired) electrons. The van der Waals surface area contributed by atoms with Gasteiger partial charge in [0.2, 0.25) is 0 Å². The van der Waals surface area contributed by atoms with Gasteiger partial charge in [0.15, 0.2) is 0 Å². The maximum Gasteiger partial charge on any atom is 0.0497 e.